The number of amides is 2. The van der Waals surface area contributed by atoms with E-state index in [4.69, 9.17) is 9.47 Å². The zero-order valence-electron chi connectivity index (χ0n) is 24.1. The van der Waals surface area contributed by atoms with Crippen molar-refractivity contribution in [2.75, 3.05) is 64.4 Å². The molecule has 0 spiro atoms. The number of esters is 1. The molecule has 2 fully saturated rings. The average molecular weight is 619 g/mol. The van der Waals surface area contributed by atoms with Crippen LogP contribution < -0.4 is 5.32 Å². The number of nitrogens with one attached hydrogen (secondary N) is 1. The number of piperidine rings is 1. The highest BCUT2D eigenvalue weighted by atomic mass is 32.2. The largest absolute Gasteiger partial charge is 0.466 e. The fourth-order valence-corrected chi connectivity index (χ4v) is 8.48. The molecule has 0 aliphatic carbocycles. The monoisotopic (exact) mass is 618 g/mol. The van der Waals surface area contributed by atoms with Crippen LogP contribution in [-0.4, -0.2) is 99.4 Å². The third-order valence-corrected chi connectivity index (χ3v) is 11.1. The number of carbonyl (C=O) groups excluding carboxylic acids is 3. The van der Waals surface area contributed by atoms with Gasteiger partial charge in [0.1, 0.15) is 5.00 Å². The van der Waals surface area contributed by atoms with Gasteiger partial charge in [-0.1, -0.05) is 6.92 Å². The molecule has 1 unspecified atom stereocenters. The molecule has 3 aliphatic heterocycles. The fourth-order valence-electron chi connectivity index (χ4n) is 5.68. The lowest BCUT2D eigenvalue weighted by atomic mass is 10.0. The van der Waals surface area contributed by atoms with Crippen molar-refractivity contribution >= 4 is 44.1 Å². The van der Waals surface area contributed by atoms with E-state index in [1.54, 1.807) is 11.8 Å². The first-order chi connectivity index (χ1) is 20.2. The van der Waals surface area contributed by atoms with Gasteiger partial charge < -0.3 is 19.7 Å². The van der Waals surface area contributed by atoms with E-state index < -0.39 is 21.8 Å². The Morgan fingerprint density at radius 2 is 1.81 bits per heavy atom. The summed E-state index contributed by atoms with van der Waals surface area (Å²) >= 11 is 1.44. The van der Waals surface area contributed by atoms with Gasteiger partial charge >= 0.3 is 5.97 Å². The van der Waals surface area contributed by atoms with E-state index in [-0.39, 0.29) is 35.5 Å². The third kappa shape index (κ3) is 6.40. The number of thiophene rings is 1. The second kappa shape index (κ2) is 13.2. The summed E-state index contributed by atoms with van der Waals surface area (Å²) in [6.07, 6.45) is 1.89. The van der Waals surface area contributed by atoms with Gasteiger partial charge in [0.25, 0.3) is 11.8 Å². The fraction of sp³-hybridized carbons (Fsp3) is 0.552. The number of hydrogen-bond donors (Lipinski definition) is 1. The quantitative estimate of drug-likeness (QED) is 0.448. The van der Waals surface area contributed by atoms with Crippen LogP contribution in [0.3, 0.4) is 0 Å². The molecular weight excluding hydrogens is 580 g/mol. The lowest BCUT2D eigenvalue weighted by molar-refractivity contribution is -0.149. The van der Waals surface area contributed by atoms with Gasteiger partial charge in [-0.2, -0.15) is 4.31 Å². The standard InChI is InChI=1S/C29H38N4O7S2/c1-3-31-13-11-23-24(19-31)41-27(25(23)28(35)32-14-16-39-17-15-32)30-26(34)20-7-9-22(10-8-20)42(37,38)33-12-5-6-21(18-33)29(36)40-4-2/h7-10,21H,3-6,11-19H2,1-2H3,(H,30,34). The Hall–Kier alpha value is -2.84. The number of morpholine rings is 1. The molecule has 0 bridgehead atoms. The molecule has 3 aliphatic rings. The second-order valence-electron chi connectivity index (χ2n) is 10.7. The van der Waals surface area contributed by atoms with Crippen molar-refractivity contribution in [3.05, 3.63) is 45.8 Å². The minimum atomic E-state index is -3.85. The Kier molecular flexibility index (Phi) is 9.63. The number of benzene rings is 1. The Labute approximate surface area is 250 Å². The van der Waals surface area contributed by atoms with Gasteiger partial charge in [0.05, 0.1) is 36.2 Å². The number of ether oxygens (including phenoxy) is 2. The molecule has 4 heterocycles. The zero-order valence-corrected chi connectivity index (χ0v) is 25.7. The van der Waals surface area contributed by atoms with Crippen LogP contribution in [0.25, 0.3) is 0 Å². The van der Waals surface area contributed by atoms with Gasteiger partial charge in [-0.25, -0.2) is 8.42 Å². The number of hydrogen-bond acceptors (Lipinski definition) is 9. The lowest BCUT2D eigenvalue weighted by Crippen LogP contribution is -2.42. The van der Waals surface area contributed by atoms with Crippen molar-refractivity contribution < 1.29 is 32.3 Å². The Balaban J connectivity index is 1.34. The molecule has 2 aromatic rings. The zero-order chi connectivity index (χ0) is 29.9. The number of sulfonamides is 1. The summed E-state index contributed by atoms with van der Waals surface area (Å²) in [7, 11) is -3.85. The van der Waals surface area contributed by atoms with Crippen LogP contribution in [0.15, 0.2) is 29.2 Å². The van der Waals surface area contributed by atoms with Crippen LogP contribution in [0, 0.1) is 5.92 Å². The number of likely N-dealkylation sites (N-methyl/N-ethyl adjacent to an activating group) is 1. The molecule has 1 N–H and O–H groups in total. The molecule has 0 radical (unpaired) electrons. The molecule has 13 heteroatoms. The highest BCUT2D eigenvalue weighted by molar-refractivity contribution is 7.89. The Bertz CT molecular complexity index is 1420. The molecule has 1 aromatic heterocycles. The predicted molar refractivity (Wildman–Crippen MR) is 158 cm³/mol. The minimum Gasteiger partial charge on any atom is -0.466 e. The van der Waals surface area contributed by atoms with E-state index in [2.05, 4.69) is 17.1 Å². The minimum absolute atomic E-state index is 0.0537. The predicted octanol–water partition coefficient (Wildman–Crippen LogP) is 2.81. The van der Waals surface area contributed by atoms with Crippen molar-refractivity contribution in [3.63, 3.8) is 0 Å². The third-order valence-electron chi connectivity index (χ3n) is 8.08. The maximum Gasteiger partial charge on any atom is 0.310 e. The van der Waals surface area contributed by atoms with Crippen molar-refractivity contribution in [2.45, 2.75) is 44.6 Å². The molecule has 1 atom stereocenters. The van der Waals surface area contributed by atoms with Crippen LogP contribution >= 0.6 is 11.3 Å². The summed E-state index contributed by atoms with van der Waals surface area (Å²) in [5.74, 6) is -1.39. The van der Waals surface area contributed by atoms with E-state index in [0.29, 0.717) is 56.3 Å². The van der Waals surface area contributed by atoms with Gasteiger partial charge in [-0.15, -0.1) is 11.3 Å². The maximum atomic E-state index is 13.6. The Morgan fingerprint density at radius 1 is 1.07 bits per heavy atom. The summed E-state index contributed by atoms with van der Waals surface area (Å²) < 4.78 is 38.5. The molecule has 1 aromatic carbocycles. The van der Waals surface area contributed by atoms with Gasteiger partial charge in [-0.05, 0) is 62.6 Å². The van der Waals surface area contributed by atoms with E-state index in [1.165, 1.54) is 39.9 Å². The molecule has 228 valence electrons. The van der Waals surface area contributed by atoms with Gasteiger partial charge in [0, 0.05) is 49.7 Å². The molecule has 11 nitrogen and oxygen atoms in total. The highest BCUT2D eigenvalue weighted by Crippen LogP contribution is 2.38. The number of nitrogens with zero attached hydrogens (tertiary/aromatic N) is 3. The van der Waals surface area contributed by atoms with Crippen molar-refractivity contribution in [3.8, 4) is 0 Å². The summed E-state index contributed by atoms with van der Waals surface area (Å²) in [6, 6.07) is 5.78. The smallest absolute Gasteiger partial charge is 0.310 e. The summed E-state index contributed by atoms with van der Waals surface area (Å²) in [6.45, 7) is 8.94. The van der Waals surface area contributed by atoms with E-state index >= 15 is 0 Å². The van der Waals surface area contributed by atoms with Gasteiger partial charge in [0.2, 0.25) is 10.0 Å². The van der Waals surface area contributed by atoms with Crippen molar-refractivity contribution in [1.82, 2.24) is 14.1 Å². The lowest BCUT2D eigenvalue weighted by Gasteiger charge is -2.30. The molecule has 2 saturated heterocycles. The van der Waals surface area contributed by atoms with Crippen LogP contribution in [0.2, 0.25) is 0 Å². The molecule has 0 saturated carbocycles. The number of fused-ring (bicyclic) bond motifs is 1. The van der Waals surface area contributed by atoms with Crippen molar-refractivity contribution in [2.24, 2.45) is 5.92 Å². The number of carbonyl (C=O) groups is 3. The molecule has 42 heavy (non-hydrogen) atoms. The summed E-state index contributed by atoms with van der Waals surface area (Å²) in [5, 5.41) is 3.48. The van der Waals surface area contributed by atoms with E-state index in [9.17, 15) is 22.8 Å². The van der Waals surface area contributed by atoms with Crippen LogP contribution in [0.5, 0.6) is 0 Å². The van der Waals surface area contributed by atoms with Crippen LogP contribution in [0.4, 0.5) is 5.00 Å². The normalized spacial score (nSPS) is 20.1. The van der Waals surface area contributed by atoms with Crippen molar-refractivity contribution in [1.29, 1.82) is 0 Å². The number of anilines is 1. The maximum absolute atomic E-state index is 13.6. The van der Waals surface area contributed by atoms with Crippen LogP contribution in [-0.2, 0) is 37.3 Å². The van der Waals surface area contributed by atoms with E-state index in [1.807, 2.05) is 0 Å². The van der Waals surface area contributed by atoms with Gasteiger partial charge in [0.15, 0.2) is 0 Å². The first kappa shape index (κ1) is 30.6. The summed E-state index contributed by atoms with van der Waals surface area (Å²) in [5.41, 5.74) is 1.84. The molecule has 5 rings (SSSR count). The first-order valence-electron chi connectivity index (χ1n) is 14.5. The first-order valence-corrected chi connectivity index (χ1v) is 16.8. The van der Waals surface area contributed by atoms with Gasteiger partial charge in [-0.3, -0.25) is 19.3 Å². The molecule has 2 amide bonds. The topological polar surface area (TPSA) is 126 Å². The highest BCUT2D eigenvalue weighted by Gasteiger charge is 2.35. The average Bonchev–Trinajstić information content (AvgIpc) is 3.38. The van der Waals surface area contributed by atoms with E-state index in [0.717, 1.165) is 36.5 Å². The summed E-state index contributed by atoms with van der Waals surface area (Å²) in [4.78, 5) is 44.4. The SMILES string of the molecule is CCOC(=O)C1CCCN(S(=O)(=O)c2ccc(C(=O)Nc3sc4c(c3C(=O)N3CCOCC3)CCN(CC)C4)cc2)C1. The second-order valence-corrected chi connectivity index (χ2v) is 13.7. The Morgan fingerprint density at radius 3 is 2.50 bits per heavy atom. The van der Waals surface area contributed by atoms with Crippen LogP contribution in [0.1, 0.15) is 57.8 Å². The molecular formula is C29H38N4O7S2. The number of rotatable bonds is 8.